The van der Waals surface area contributed by atoms with Gasteiger partial charge in [0.05, 0.1) is 11.4 Å². The summed E-state index contributed by atoms with van der Waals surface area (Å²) in [6.45, 7) is 1.69. The minimum absolute atomic E-state index is 0.0418. The minimum Gasteiger partial charge on any atom is -0.319 e. The maximum absolute atomic E-state index is 14.2. The molecule has 0 bridgehead atoms. The van der Waals surface area contributed by atoms with Crippen LogP contribution in [0.1, 0.15) is 16.2 Å². The van der Waals surface area contributed by atoms with Crippen LogP contribution < -0.4 is 10.0 Å². The largest absolute Gasteiger partial charge is 0.319 e. The van der Waals surface area contributed by atoms with E-state index < -0.39 is 21.7 Å². The number of thiophene rings is 1. The van der Waals surface area contributed by atoms with Crippen molar-refractivity contribution in [3.8, 4) is 5.69 Å². The van der Waals surface area contributed by atoms with Crippen molar-refractivity contribution in [1.29, 1.82) is 0 Å². The molecule has 0 saturated heterocycles. The summed E-state index contributed by atoms with van der Waals surface area (Å²) in [6, 6.07) is 13.0. The van der Waals surface area contributed by atoms with Crippen LogP contribution in [0.25, 0.3) is 5.69 Å². The Morgan fingerprint density at radius 1 is 1.13 bits per heavy atom. The van der Waals surface area contributed by atoms with E-state index >= 15 is 0 Å². The first-order chi connectivity index (χ1) is 14.8. The second kappa shape index (κ2) is 8.24. The van der Waals surface area contributed by atoms with E-state index in [2.05, 4.69) is 25.6 Å². The van der Waals surface area contributed by atoms with Crippen LogP contribution in [-0.4, -0.2) is 34.5 Å². The Labute approximate surface area is 180 Å². The summed E-state index contributed by atoms with van der Waals surface area (Å²) in [5, 5.41) is 15.3. The van der Waals surface area contributed by atoms with Gasteiger partial charge in [0.2, 0.25) is 0 Å². The first-order valence-corrected chi connectivity index (χ1v) is 11.2. The first kappa shape index (κ1) is 20.6. The summed E-state index contributed by atoms with van der Waals surface area (Å²) in [5.74, 6) is -0.676. The second-order valence-electron chi connectivity index (χ2n) is 6.37. The Morgan fingerprint density at radius 2 is 1.90 bits per heavy atom. The fourth-order valence-corrected chi connectivity index (χ4v) is 4.77. The summed E-state index contributed by atoms with van der Waals surface area (Å²) >= 11 is 1.10. The van der Waals surface area contributed by atoms with Gasteiger partial charge in [0.1, 0.15) is 10.0 Å². The molecule has 2 aromatic carbocycles. The third-order valence-corrected chi connectivity index (χ3v) is 7.01. The van der Waals surface area contributed by atoms with Gasteiger partial charge in [0, 0.05) is 11.3 Å². The van der Waals surface area contributed by atoms with E-state index in [0.717, 1.165) is 11.3 Å². The number of carbonyl (C=O) groups excluding carboxylic acids is 1. The van der Waals surface area contributed by atoms with E-state index in [0.29, 0.717) is 17.2 Å². The SMILES string of the molecule is Cc1nnnn1-c1ccc(F)c(NC(=O)c2ccc(NS(=O)(=O)c3cccs3)cc2)c1. The molecule has 0 aliphatic rings. The van der Waals surface area contributed by atoms with Crippen molar-refractivity contribution in [2.24, 2.45) is 0 Å². The van der Waals surface area contributed by atoms with Crippen molar-refractivity contribution in [3.05, 3.63) is 77.2 Å². The molecular formula is C19H15FN6O3S2. The molecule has 0 aliphatic heterocycles. The summed E-state index contributed by atoms with van der Waals surface area (Å²) < 4.78 is 42.8. The number of sulfonamides is 1. The van der Waals surface area contributed by atoms with E-state index in [1.807, 2.05) is 0 Å². The van der Waals surface area contributed by atoms with Crippen molar-refractivity contribution in [3.63, 3.8) is 0 Å². The molecule has 4 aromatic rings. The number of carbonyl (C=O) groups is 1. The molecule has 2 N–H and O–H groups in total. The van der Waals surface area contributed by atoms with Gasteiger partial charge in [-0.15, -0.1) is 16.4 Å². The average Bonchev–Trinajstić information content (AvgIpc) is 3.42. The van der Waals surface area contributed by atoms with Gasteiger partial charge in [-0.2, -0.15) is 4.68 Å². The standard InChI is InChI=1S/C19H15FN6O3S2/c1-12-22-24-25-26(12)15-8-9-16(20)17(11-15)21-19(27)13-4-6-14(7-5-13)23-31(28,29)18-3-2-10-30-18/h2-11,23H,1H3,(H,21,27). The number of nitrogens with zero attached hydrogens (tertiary/aromatic N) is 4. The summed E-state index contributed by atoms with van der Waals surface area (Å²) in [7, 11) is -3.69. The van der Waals surface area contributed by atoms with E-state index in [4.69, 9.17) is 0 Å². The third kappa shape index (κ3) is 4.44. The molecule has 2 aromatic heterocycles. The Balaban J connectivity index is 1.50. The zero-order valence-electron chi connectivity index (χ0n) is 16.0. The van der Waals surface area contributed by atoms with Gasteiger partial charge in [0.25, 0.3) is 15.9 Å². The normalized spacial score (nSPS) is 11.3. The summed E-state index contributed by atoms with van der Waals surface area (Å²) in [6.07, 6.45) is 0. The van der Waals surface area contributed by atoms with Crippen molar-refractivity contribution < 1.29 is 17.6 Å². The Hall–Kier alpha value is -3.64. The van der Waals surface area contributed by atoms with Crippen LogP contribution >= 0.6 is 11.3 Å². The predicted octanol–water partition coefficient (Wildman–Crippen LogP) is 3.22. The second-order valence-corrected chi connectivity index (χ2v) is 9.23. The molecule has 12 heteroatoms. The van der Waals surface area contributed by atoms with Gasteiger partial charge in [-0.25, -0.2) is 12.8 Å². The van der Waals surface area contributed by atoms with Crippen LogP contribution in [0, 0.1) is 12.7 Å². The van der Waals surface area contributed by atoms with E-state index in [-0.39, 0.29) is 15.5 Å². The number of aryl methyl sites for hydroxylation is 1. The zero-order valence-corrected chi connectivity index (χ0v) is 17.6. The lowest BCUT2D eigenvalue weighted by Crippen LogP contribution is -2.14. The fourth-order valence-electron chi connectivity index (χ4n) is 2.72. The van der Waals surface area contributed by atoms with Gasteiger partial charge < -0.3 is 5.32 Å². The molecule has 1 amide bonds. The molecule has 4 rings (SSSR count). The highest BCUT2D eigenvalue weighted by molar-refractivity contribution is 7.94. The van der Waals surface area contributed by atoms with E-state index in [1.165, 1.54) is 53.2 Å². The highest BCUT2D eigenvalue weighted by Crippen LogP contribution is 2.22. The molecule has 0 saturated carbocycles. The van der Waals surface area contributed by atoms with Crippen LogP contribution in [0.2, 0.25) is 0 Å². The van der Waals surface area contributed by atoms with Crippen LogP contribution in [0.15, 0.2) is 64.2 Å². The maximum atomic E-state index is 14.2. The summed E-state index contributed by atoms with van der Waals surface area (Å²) in [4.78, 5) is 12.6. The predicted molar refractivity (Wildman–Crippen MR) is 113 cm³/mol. The van der Waals surface area contributed by atoms with Gasteiger partial charge in [0.15, 0.2) is 5.82 Å². The number of rotatable bonds is 6. The lowest BCUT2D eigenvalue weighted by molar-refractivity contribution is 0.102. The fraction of sp³-hybridized carbons (Fsp3) is 0.0526. The number of amides is 1. The number of hydrogen-bond acceptors (Lipinski definition) is 7. The van der Waals surface area contributed by atoms with Crippen molar-refractivity contribution in [2.75, 3.05) is 10.0 Å². The number of halogens is 1. The van der Waals surface area contributed by atoms with Crippen LogP contribution in [0.3, 0.4) is 0 Å². The van der Waals surface area contributed by atoms with Crippen LogP contribution in [0.5, 0.6) is 0 Å². The Bertz CT molecular complexity index is 1340. The maximum Gasteiger partial charge on any atom is 0.271 e. The van der Waals surface area contributed by atoms with E-state index in [1.54, 1.807) is 18.4 Å². The molecular weight excluding hydrogens is 443 g/mol. The number of hydrogen-bond donors (Lipinski definition) is 2. The van der Waals surface area contributed by atoms with E-state index in [9.17, 15) is 17.6 Å². The lowest BCUT2D eigenvalue weighted by Gasteiger charge is -2.10. The molecule has 0 atom stereocenters. The molecule has 0 aliphatic carbocycles. The molecule has 0 fully saturated rings. The number of anilines is 2. The van der Waals surface area contributed by atoms with Crippen molar-refractivity contribution in [2.45, 2.75) is 11.1 Å². The quantitative estimate of drug-likeness (QED) is 0.458. The van der Waals surface area contributed by atoms with Gasteiger partial charge in [-0.3, -0.25) is 9.52 Å². The average molecular weight is 459 g/mol. The number of aromatic nitrogens is 4. The van der Waals surface area contributed by atoms with Gasteiger partial charge in [-0.1, -0.05) is 6.07 Å². The molecule has 158 valence electrons. The minimum atomic E-state index is -3.69. The molecule has 2 heterocycles. The highest BCUT2D eigenvalue weighted by Gasteiger charge is 2.16. The third-order valence-electron chi connectivity index (χ3n) is 4.23. The van der Waals surface area contributed by atoms with Crippen LogP contribution in [0.4, 0.5) is 15.8 Å². The molecule has 31 heavy (non-hydrogen) atoms. The molecule has 0 unspecified atom stereocenters. The molecule has 0 radical (unpaired) electrons. The van der Waals surface area contributed by atoms with Crippen LogP contribution in [-0.2, 0) is 10.0 Å². The van der Waals surface area contributed by atoms with Gasteiger partial charge >= 0.3 is 0 Å². The highest BCUT2D eigenvalue weighted by atomic mass is 32.2. The number of benzene rings is 2. The van der Waals surface area contributed by atoms with Crippen molar-refractivity contribution in [1.82, 2.24) is 20.2 Å². The number of tetrazole rings is 1. The van der Waals surface area contributed by atoms with Crippen molar-refractivity contribution >= 4 is 38.6 Å². The van der Waals surface area contributed by atoms with Gasteiger partial charge in [-0.05, 0) is 71.3 Å². The number of nitrogens with one attached hydrogen (secondary N) is 2. The Kier molecular flexibility index (Phi) is 5.48. The molecule has 9 nitrogen and oxygen atoms in total. The molecule has 0 spiro atoms. The zero-order chi connectivity index (χ0) is 22.0. The summed E-state index contributed by atoms with van der Waals surface area (Å²) in [5.41, 5.74) is 0.965. The topological polar surface area (TPSA) is 119 Å². The lowest BCUT2D eigenvalue weighted by atomic mass is 10.2. The Morgan fingerprint density at radius 3 is 2.55 bits per heavy atom. The monoisotopic (exact) mass is 458 g/mol. The first-order valence-electron chi connectivity index (χ1n) is 8.86. The smallest absolute Gasteiger partial charge is 0.271 e.